The average Bonchev–Trinajstić information content (AvgIpc) is 3.04. The zero-order valence-corrected chi connectivity index (χ0v) is 15.9. The minimum atomic E-state index is 0. The summed E-state index contributed by atoms with van der Waals surface area (Å²) in [5.41, 5.74) is 2.67. The van der Waals surface area contributed by atoms with Crippen LogP contribution in [0.2, 0.25) is 0 Å². The third kappa shape index (κ3) is 4.01. The Labute approximate surface area is 152 Å². The monoisotopic (exact) mass is 348 g/mol. The summed E-state index contributed by atoms with van der Waals surface area (Å²) >= 11 is 0. The number of rotatable bonds is 0. The molecule has 2 aromatic carbocycles. The summed E-state index contributed by atoms with van der Waals surface area (Å²) in [7, 11) is 0. The van der Waals surface area contributed by atoms with Crippen LogP contribution in [0.5, 0.6) is 11.5 Å². The normalized spacial score (nSPS) is 19.7. The molecule has 2 atom stereocenters. The molecule has 0 saturated carbocycles. The number of fused-ring (bicyclic) bond motifs is 5. The number of hydrogen-bond acceptors (Lipinski definition) is 2. The molecule has 0 spiro atoms. The maximum Gasteiger partial charge on any atom is 0.130 e. The predicted octanol–water partition coefficient (Wildman–Crippen LogP) is 5.31. The summed E-state index contributed by atoms with van der Waals surface area (Å²) in [5.74, 6) is 3.09. The van der Waals surface area contributed by atoms with Gasteiger partial charge in [-0.25, -0.2) is 0 Å². The molecule has 2 aliphatic rings. The molecule has 0 amide bonds. The molecule has 1 N–H and O–H groups in total. The van der Waals surface area contributed by atoms with Gasteiger partial charge in [0.25, 0.3) is 0 Å². The molecule has 2 aromatic rings. The Balaban J connectivity index is 0.000000494. The van der Waals surface area contributed by atoms with Crippen LogP contribution in [0.1, 0.15) is 50.7 Å². The first kappa shape index (κ1) is 19.8. The summed E-state index contributed by atoms with van der Waals surface area (Å²) in [4.78, 5) is 0. The Morgan fingerprint density at radius 2 is 1.13 bits per heavy atom. The van der Waals surface area contributed by atoms with Crippen LogP contribution in [0.15, 0.2) is 48.5 Å². The maximum absolute atomic E-state index is 6.11. The molecule has 123 valence electrons. The summed E-state index contributed by atoms with van der Waals surface area (Å²) in [6, 6.07) is 16.9. The van der Waals surface area contributed by atoms with Crippen LogP contribution in [0.25, 0.3) is 0 Å². The largest absolute Gasteiger partial charge is 0.457 e. The molecule has 23 heavy (non-hydrogen) atoms. The molecular formula is C20H27NOV. The summed E-state index contributed by atoms with van der Waals surface area (Å²) in [6.45, 7) is 10.1. The minimum Gasteiger partial charge on any atom is -0.457 e. The van der Waals surface area contributed by atoms with Crippen molar-refractivity contribution < 1.29 is 23.3 Å². The van der Waals surface area contributed by atoms with Crippen LogP contribution in [-0.4, -0.2) is 13.1 Å². The number of benzene rings is 2. The van der Waals surface area contributed by atoms with Crippen LogP contribution >= 0.6 is 0 Å². The van der Waals surface area contributed by atoms with Crippen molar-refractivity contribution in [1.82, 2.24) is 5.32 Å². The molecule has 1 radical (unpaired) electrons. The van der Waals surface area contributed by atoms with E-state index in [-0.39, 0.29) is 18.6 Å². The minimum absolute atomic E-state index is 0. The number of hydrogen-bond donors (Lipinski definition) is 1. The van der Waals surface area contributed by atoms with Crippen LogP contribution in [0.4, 0.5) is 0 Å². The van der Waals surface area contributed by atoms with Crippen LogP contribution < -0.4 is 10.1 Å². The van der Waals surface area contributed by atoms with Gasteiger partial charge in [0.1, 0.15) is 11.5 Å². The zero-order chi connectivity index (χ0) is 15.9. The fourth-order valence-electron chi connectivity index (χ4n) is 3.21. The second-order valence-corrected chi connectivity index (χ2v) is 5.05. The van der Waals surface area contributed by atoms with Gasteiger partial charge in [-0.15, -0.1) is 0 Å². The molecule has 0 aliphatic carbocycles. The summed E-state index contributed by atoms with van der Waals surface area (Å²) in [5, 5.41) is 3.52. The van der Waals surface area contributed by atoms with E-state index in [0.29, 0.717) is 11.8 Å². The Bertz CT molecular complexity index is 548. The van der Waals surface area contributed by atoms with Gasteiger partial charge in [-0.2, -0.15) is 0 Å². The first-order valence-electron chi connectivity index (χ1n) is 8.50. The predicted molar refractivity (Wildman–Crippen MR) is 94.0 cm³/mol. The fourth-order valence-corrected chi connectivity index (χ4v) is 3.21. The van der Waals surface area contributed by atoms with Crippen molar-refractivity contribution in [2.45, 2.75) is 39.5 Å². The number of nitrogens with one attached hydrogen (secondary N) is 1. The van der Waals surface area contributed by atoms with E-state index in [1.165, 1.54) is 11.1 Å². The molecule has 2 nitrogen and oxygen atoms in total. The molecule has 1 unspecified atom stereocenters. The number of ether oxygens (including phenoxy) is 1. The van der Waals surface area contributed by atoms with Gasteiger partial charge in [0.15, 0.2) is 0 Å². The molecule has 0 bridgehead atoms. The van der Waals surface area contributed by atoms with Gasteiger partial charge < -0.3 is 10.1 Å². The Morgan fingerprint density at radius 3 is 1.57 bits per heavy atom. The van der Waals surface area contributed by atoms with Gasteiger partial charge in [0.2, 0.25) is 0 Å². The van der Waals surface area contributed by atoms with E-state index in [1.807, 2.05) is 39.8 Å². The van der Waals surface area contributed by atoms with Crippen molar-refractivity contribution >= 4 is 0 Å². The number of para-hydroxylation sites is 2. The van der Waals surface area contributed by atoms with Crippen LogP contribution in [-0.2, 0) is 18.6 Å². The van der Waals surface area contributed by atoms with Gasteiger partial charge in [-0.3, -0.25) is 0 Å². The molecule has 2 aliphatic heterocycles. The maximum atomic E-state index is 6.11. The van der Waals surface area contributed by atoms with Crippen molar-refractivity contribution in [3.05, 3.63) is 59.7 Å². The van der Waals surface area contributed by atoms with E-state index in [1.54, 1.807) is 0 Å². The van der Waals surface area contributed by atoms with Gasteiger partial charge in [-0.1, -0.05) is 64.1 Å². The smallest absolute Gasteiger partial charge is 0.130 e. The fraction of sp³-hybridized carbons (Fsp3) is 0.400. The third-order valence-corrected chi connectivity index (χ3v) is 4.07. The summed E-state index contributed by atoms with van der Waals surface area (Å²) in [6.07, 6.45) is 0. The molecule has 4 rings (SSSR count). The van der Waals surface area contributed by atoms with E-state index in [0.717, 1.165) is 24.6 Å². The van der Waals surface area contributed by atoms with E-state index >= 15 is 0 Å². The SMILES string of the molecule is CC.CC.[V].c1ccc2c(c1)Oc1ccccc1[C@@H]1CNCC21. The molecular weight excluding hydrogens is 321 g/mol. The van der Waals surface area contributed by atoms with Crippen molar-refractivity contribution in [3.63, 3.8) is 0 Å². The van der Waals surface area contributed by atoms with Gasteiger partial charge in [0, 0.05) is 43.5 Å². The van der Waals surface area contributed by atoms with Crippen molar-refractivity contribution in [3.8, 4) is 11.5 Å². The van der Waals surface area contributed by atoms with Gasteiger partial charge in [0.05, 0.1) is 0 Å². The second kappa shape index (κ2) is 9.82. The first-order valence-corrected chi connectivity index (χ1v) is 8.50. The molecule has 2 heterocycles. The van der Waals surface area contributed by atoms with E-state index in [2.05, 4.69) is 41.7 Å². The van der Waals surface area contributed by atoms with Crippen LogP contribution in [0.3, 0.4) is 0 Å². The second-order valence-electron chi connectivity index (χ2n) is 5.05. The summed E-state index contributed by atoms with van der Waals surface area (Å²) < 4.78 is 6.11. The van der Waals surface area contributed by atoms with Crippen molar-refractivity contribution in [2.24, 2.45) is 0 Å². The van der Waals surface area contributed by atoms with E-state index in [9.17, 15) is 0 Å². The van der Waals surface area contributed by atoms with Crippen molar-refractivity contribution in [1.29, 1.82) is 0 Å². The van der Waals surface area contributed by atoms with E-state index in [4.69, 9.17) is 4.74 Å². The Morgan fingerprint density at radius 1 is 0.739 bits per heavy atom. The van der Waals surface area contributed by atoms with Crippen molar-refractivity contribution in [2.75, 3.05) is 13.1 Å². The standard InChI is InChI=1S/C16H15NO.2C2H6.V/c1-3-7-15-11(5-1)13-9-17-10-14(13)12-6-2-4-8-16(12)18-15;2*1-2;/h1-8,13-14,17H,9-10H2;2*1-2H3;/t13-,14?;;;/m0.../s1. The van der Waals surface area contributed by atoms with Crippen LogP contribution in [0, 0.1) is 0 Å². The average molecular weight is 348 g/mol. The first-order chi connectivity index (χ1) is 10.9. The molecule has 0 aromatic heterocycles. The van der Waals surface area contributed by atoms with Gasteiger partial charge >= 0.3 is 0 Å². The molecule has 1 fully saturated rings. The Hall–Kier alpha value is -1.22. The zero-order valence-electron chi connectivity index (χ0n) is 14.5. The molecule has 3 heteroatoms. The van der Waals surface area contributed by atoms with Gasteiger partial charge in [-0.05, 0) is 23.3 Å². The third-order valence-electron chi connectivity index (χ3n) is 4.07. The Kier molecular flexibility index (Phi) is 8.47. The quantitative estimate of drug-likeness (QED) is 0.696. The topological polar surface area (TPSA) is 21.3 Å². The molecule has 1 saturated heterocycles. The van der Waals surface area contributed by atoms with E-state index < -0.39 is 0 Å².